The molecule has 202 valence electrons. The number of benzene rings is 3. The van der Waals surface area contributed by atoms with E-state index in [0.29, 0.717) is 12.8 Å². The summed E-state index contributed by atoms with van der Waals surface area (Å²) >= 11 is 0. The number of nitrogens with zero attached hydrogens (tertiary/aromatic N) is 3. The first-order chi connectivity index (χ1) is 18.3. The topological polar surface area (TPSA) is 108 Å². The van der Waals surface area contributed by atoms with Gasteiger partial charge in [0.2, 0.25) is 10.0 Å². The summed E-state index contributed by atoms with van der Waals surface area (Å²) in [4.78, 5) is 15.9. The smallest absolute Gasteiger partial charge is 0.293 e. The molecule has 1 aliphatic rings. The summed E-state index contributed by atoms with van der Waals surface area (Å²) in [6, 6.07) is 23.4. The molecular formula is C28H35N5O4S. The lowest BCUT2D eigenvalue weighted by Crippen LogP contribution is -2.45. The summed E-state index contributed by atoms with van der Waals surface area (Å²) in [6.45, 7) is 5.03. The molecule has 0 aliphatic carbocycles. The summed E-state index contributed by atoms with van der Waals surface area (Å²) in [5, 5.41) is 15.3. The lowest BCUT2D eigenvalue weighted by molar-refractivity contribution is -0.384. The fourth-order valence-electron chi connectivity index (χ4n) is 4.59. The highest BCUT2D eigenvalue weighted by Gasteiger charge is 2.24. The number of likely N-dealkylation sites (N-methyl/N-ethyl adjacent to an activating group) is 1. The Hall–Kier alpha value is -3.31. The quantitative estimate of drug-likeness (QED) is 0.205. The van der Waals surface area contributed by atoms with Gasteiger partial charge in [0.15, 0.2) is 0 Å². The van der Waals surface area contributed by atoms with Gasteiger partial charge in [0, 0.05) is 38.8 Å². The molecule has 1 aliphatic heterocycles. The van der Waals surface area contributed by atoms with Crippen molar-refractivity contribution in [2.24, 2.45) is 0 Å². The van der Waals surface area contributed by atoms with Gasteiger partial charge >= 0.3 is 0 Å². The Bertz CT molecular complexity index is 1300. The molecule has 0 aromatic heterocycles. The van der Waals surface area contributed by atoms with Crippen LogP contribution in [0.5, 0.6) is 0 Å². The highest BCUT2D eigenvalue weighted by Crippen LogP contribution is 2.32. The maximum Gasteiger partial charge on any atom is 0.293 e. The Morgan fingerprint density at radius 3 is 2.26 bits per heavy atom. The minimum absolute atomic E-state index is 0.117. The molecule has 0 amide bonds. The molecule has 38 heavy (non-hydrogen) atoms. The maximum absolute atomic E-state index is 12.9. The van der Waals surface area contributed by atoms with Crippen LogP contribution in [0.1, 0.15) is 23.6 Å². The van der Waals surface area contributed by atoms with E-state index in [4.69, 9.17) is 0 Å². The molecule has 3 aromatic rings. The van der Waals surface area contributed by atoms with Crippen molar-refractivity contribution in [3.63, 3.8) is 0 Å². The number of nitrogens with one attached hydrogen (secondary N) is 2. The second kappa shape index (κ2) is 13.0. The SMILES string of the molecule is CN1CCN(CCCNS(=O)(=O)c2ccc(NC(Cc3ccccc3)c3ccccc3)c([N+](=O)[O-])c2)CC1. The molecule has 0 saturated carbocycles. The van der Waals surface area contributed by atoms with Crippen LogP contribution in [-0.2, 0) is 16.4 Å². The van der Waals surface area contributed by atoms with Crippen LogP contribution in [0.4, 0.5) is 11.4 Å². The van der Waals surface area contributed by atoms with Crippen molar-refractivity contribution in [3.05, 3.63) is 100 Å². The highest BCUT2D eigenvalue weighted by atomic mass is 32.2. The van der Waals surface area contributed by atoms with Crippen LogP contribution in [0.3, 0.4) is 0 Å². The number of anilines is 1. The monoisotopic (exact) mass is 537 g/mol. The van der Waals surface area contributed by atoms with Gasteiger partial charge in [-0.1, -0.05) is 60.7 Å². The van der Waals surface area contributed by atoms with E-state index in [1.54, 1.807) is 0 Å². The largest absolute Gasteiger partial charge is 0.372 e. The van der Waals surface area contributed by atoms with E-state index in [1.165, 1.54) is 12.1 Å². The Kier molecular flexibility index (Phi) is 9.46. The van der Waals surface area contributed by atoms with Gasteiger partial charge in [0.05, 0.1) is 15.9 Å². The standard InChI is InChI=1S/C28H35N5O4S/c1-31-17-19-32(20-18-31)16-8-15-29-38(36,37)25-13-14-26(28(22-25)33(34)35)30-27(24-11-6-3-7-12-24)21-23-9-4-2-5-10-23/h2-7,9-14,22,27,29-30H,8,15-21H2,1H3. The van der Waals surface area contributed by atoms with Gasteiger partial charge in [-0.2, -0.15) is 0 Å². The number of sulfonamides is 1. The summed E-state index contributed by atoms with van der Waals surface area (Å²) in [6.07, 6.45) is 1.28. The van der Waals surface area contributed by atoms with Gasteiger partial charge in [0.25, 0.3) is 5.69 Å². The zero-order chi connectivity index (χ0) is 27.0. The summed E-state index contributed by atoms with van der Waals surface area (Å²) in [5.41, 5.74) is 2.05. The summed E-state index contributed by atoms with van der Waals surface area (Å²) in [7, 11) is -1.79. The lowest BCUT2D eigenvalue weighted by atomic mass is 9.98. The van der Waals surface area contributed by atoms with Gasteiger partial charge in [-0.15, -0.1) is 0 Å². The van der Waals surface area contributed by atoms with Gasteiger partial charge in [-0.05, 0) is 49.7 Å². The van der Waals surface area contributed by atoms with Crippen LogP contribution >= 0.6 is 0 Å². The average molecular weight is 538 g/mol. The first kappa shape index (κ1) is 27.7. The van der Waals surface area contributed by atoms with Crippen molar-refractivity contribution >= 4 is 21.4 Å². The molecule has 2 N–H and O–H groups in total. The Morgan fingerprint density at radius 1 is 0.947 bits per heavy atom. The van der Waals surface area contributed by atoms with Crippen LogP contribution in [0.15, 0.2) is 83.8 Å². The third kappa shape index (κ3) is 7.61. The van der Waals surface area contributed by atoms with Gasteiger partial charge in [-0.25, -0.2) is 13.1 Å². The summed E-state index contributed by atoms with van der Waals surface area (Å²) in [5.74, 6) is 0. The van der Waals surface area contributed by atoms with E-state index >= 15 is 0 Å². The highest BCUT2D eigenvalue weighted by molar-refractivity contribution is 7.89. The van der Waals surface area contributed by atoms with E-state index in [0.717, 1.165) is 49.9 Å². The van der Waals surface area contributed by atoms with Crippen molar-refractivity contribution in [1.29, 1.82) is 0 Å². The normalized spacial score (nSPS) is 15.7. The van der Waals surface area contributed by atoms with E-state index in [9.17, 15) is 18.5 Å². The van der Waals surface area contributed by atoms with E-state index in [1.807, 2.05) is 60.7 Å². The molecule has 1 saturated heterocycles. The Morgan fingerprint density at radius 2 is 1.61 bits per heavy atom. The van der Waals surface area contributed by atoms with Crippen LogP contribution in [-0.4, -0.2) is 69.5 Å². The molecule has 3 aromatic carbocycles. The molecule has 10 heteroatoms. The Labute approximate surface area is 224 Å². The van der Waals surface area contributed by atoms with Crippen molar-refractivity contribution in [2.45, 2.75) is 23.8 Å². The molecule has 9 nitrogen and oxygen atoms in total. The number of nitro benzene ring substituents is 1. The minimum Gasteiger partial charge on any atom is -0.372 e. The van der Waals surface area contributed by atoms with Crippen LogP contribution < -0.4 is 10.0 Å². The molecule has 0 bridgehead atoms. The number of hydrogen-bond donors (Lipinski definition) is 2. The number of piperazine rings is 1. The first-order valence-electron chi connectivity index (χ1n) is 12.9. The maximum atomic E-state index is 12.9. The summed E-state index contributed by atoms with van der Waals surface area (Å²) < 4.78 is 28.4. The van der Waals surface area contributed by atoms with Crippen molar-refractivity contribution in [2.75, 3.05) is 51.6 Å². The Balaban J connectivity index is 1.46. The van der Waals surface area contributed by atoms with E-state index < -0.39 is 14.9 Å². The second-order valence-electron chi connectivity index (χ2n) is 9.63. The van der Waals surface area contributed by atoms with Crippen molar-refractivity contribution in [3.8, 4) is 0 Å². The second-order valence-corrected chi connectivity index (χ2v) is 11.4. The van der Waals surface area contributed by atoms with Gasteiger partial charge in [-0.3, -0.25) is 10.1 Å². The molecule has 1 heterocycles. The number of rotatable bonds is 12. The molecule has 0 radical (unpaired) electrons. The zero-order valence-corrected chi connectivity index (χ0v) is 22.4. The molecule has 4 rings (SSSR count). The predicted molar refractivity (Wildman–Crippen MR) is 150 cm³/mol. The molecule has 1 fully saturated rings. The van der Waals surface area contributed by atoms with E-state index in [-0.39, 0.29) is 28.9 Å². The van der Waals surface area contributed by atoms with Crippen molar-refractivity contribution in [1.82, 2.24) is 14.5 Å². The van der Waals surface area contributed by atoms with Crippen LogP contribution in [0.25, 0.3) is 0 Å². The predicted octanol–water partition coefficient (Wildman–Crippen LogP) is 3.91. The molecule has 0 spiro atoms. The number of nitro groups is 1. The lowest BCUT2D eigenvalue weighted by Gasteiger charge is -2.32. The first-order valence-corrected chi connectivity index (χ1v) is 14.3. The van der Waals surface area contributed by atoms with Gasteiger partial charge in [0.1, 0.15) is 5.69 Å². The molecular weight excluding hydrogens is 502 g/mol. The van der Waals surface area contributed by atoms with Crippen LogP contribution in [0, 0.1) is 10.1 Å². The molecule has 1 unspecified atom stereocenters. The van der Waals surface area contributed by atoms with Crippen molar-refractivity contribution < 1.29 is 13.3 Å². The fraction of sp³-hybridized carbons (Fsp3) is 0.357. The van der Waals surface area contributed by atoms with Gasteiger partial charge < -0.3 is 15.1 Å². The van der Waals surface area contributed by atoms with E-state index in [2.05, 4.69) is 26.9 Å². The fourth-order valence-corrected chi connectivity index (χ4v) is 5.68. The average Bonchev–Trinajstić information content (AvgIpc) is 2.93. The third-order valence-corrected chi connectivity index (χ3v) is 8.29. The number of hydrogen-bond acceptors (Lipinski definition) is 7. The van der Waals surface area contributed by atoms with Crippen LogP contribution in [0.2, 0.25) is 0 Å². The molecule has 1 atom stereocenters. The third-order valence-electron chi connectivity index (χ3n) is 6.83. The zero-order valence-electron chi connectivity index (χ0n) is 21.6. The minimum atomic E-state index is -3.88.